The van der Waals surface area contributed by atoms with Gasteiger partial charge in [-0.25, -0.2) is 4.79 Å². The molecule has 0 fully saturated rings. The second-order valence-corrected chi connectivity index (χ2v) is 9.62. The van der Waals surface area contributed by atoms with Gasteiger partial charge in [0, 0.05) is 20.8 Å². The van der Waals surface area contributed by atoms with Gasteiger partial charge in [-0.15, -0.1) is 0 Å². The Morgan fingerprint density at radius 2 is 2.10 bits per heavy atom. The van der Waals surface area contributed by atoms with E-state index in [1.165, 1.54) is 5.17 Å². The van der Waals surface area contributed by atoms with Gasteiger partial charge in [0.15, 0.2) is 0 Å². The quantitative estimate of drug-likeness (QED) is 0.326. The summed E-state index contributed by atoms with van der Waals surface area (Å²) in [4.78, 5) is 11.0. The summed E-state index contributed by atoms with van der Waals surface area (Å²) in [5.41, 5.74) is 1.39. The van der Waals surface area contributed by atoms with Crippen LogP contribution in [0.5, 0.6) is 0 Å². The SMILES string of the molecule is CCOCC(I)=C(I)I.O=C1OCc2ccc1cc2Cl. The molecule has 0 saturated carbocycles. The van der Waals surface area contributed by atoms with Crippen molar-refractivity contribution in [1.82, 2.24) is 0 Å². The molecule has 0 aromatic heterocycles. The van der Waals surface area contributed by atoms with Gasteiger partial charge in [-0.1, -0.05) is 17.7 Å². The summed E-state index contributed by atoms with van der Waals surface area (Å²) in [6.45, 7) is 3.85. The molecule has 1 aromatic rings. The molecule has 1 aromatic carbocycles. The summed E-state index contributed by atoms with van der Waals surface area (Å²) in [6.07, 6.45) is 0. The Hall–Kier alpha value is 0.870. The minimum atomic E-state index is -0.299. The number of rotatable bonds is 3. The topological polar surface area (TPSA) is 35.5 Å². The second-order valence-electron chi connectivity index (χ2n) is 3.68. The van der Waals surface area contributed by atoms with E-state index in [1.807, 2.05) is 13.0 Å². The van der Waals surface area contributed by atoms with Crippen LogP contribution in [-0.4, -0.2) is 19.2 Å². The molecular weight excluding hydrogens is 620 g/mol. The van der Waals surface area contributed by atoms with Crippen molar-refractivity contribution in [1.29, 1.82) is 0 Å². The normalized spacial score (nSPS) is 12.2. The molecule has 0 unspecified atom stereocenters. The minimum absolute atomic E-state index is 0.286. The third-order valence-electron chi connectivity index (χ3n) is 2.29. The predicted molar refractivity (Wildman–Crippen MR) is 106 cm³/mol. The highest BCUT2D eigenvalue weighted by molar-refractivity contribution is 14.2. The molecular formula is C13H12ClI3O3. The number of fused-ring (bicyclic) bond motifs is 4. The number of hydrogen-bond acceptors (Lipinski definition) is 3. The van der Waals surface area contributed by atoms with Crippen LogP contribution in [0.2, 0.25) is 5.02 Å². The van der Waals surface area contributed by atoms with Crippen LogP contribution in [-0.2, 0) is 16.1 Å². The van der Waals surface area contributed by atoms with Crippen molar-refractivity contribution < 1.29 is 14.3 Å². The van der Waals surface area contributed by atoms with Gasteiger partial charge in [0.05, 0.1) is 13.8 Å². The predicted octanol–water partition coefficient (Wildman–Crippen LogP) is 5.51. The van der Waals surface area contributed by atoms with Crippen molar-refractivity contribution in [2.45, 2.75) is 13.5 Å². The molecule has 0 amide bonds. The number of carbonyl (C=O) groups is 1. The fraction of sp³-hybridized carbons (Fsp3) is 0.308. The monoisotopic (exact) mass is 632 g/mol. The molecule has 2 bridgehead atoms. The summed E-state index contributed by atoms with van der Waals surface area (Å²) in [5, 5.41) is 0.605. The standard InChI is InChI=1S/C8H5ClO2.C5H7I3O/c9-7-3-5-1-2-6(7)4-11-8(5)10;1-2-9-3-4(6)5(7)8/h1-3H,4H2;2-3H2,1H3. The van der Waals surface area contributed by atoms with Gasteiger partial charge in [0.1, 0.15) is 6.61 Å². The fourth-order valence-corrected chi connectivity index (χ4v) is 2.03. The lowest BCUT2D eigenvalue weighted by atomic mass is 10.2. The van der Waals surface area contributed by atoms with Crippen molar-refractivity contribution in [3.05, 3.63) is 39.5 Å². The van der Waals surface area contributed by atoms with Crippen LogP contribution < -0.4 is 0 Å². The number of benzene rings is 1. The first kappa shape index (κ1) is 18.9. The highest BCUT2D eigenvalue weighted by atomic mass is 127. The zero-order valence-electron chi connectivity index (χ0n) is 10.6. The first-order chi connectivity index (χ1) is 9.45. The number of hydrogen-bond donors (Lipinski definition) is 0. The molecule has 0 aliphatic carbocycles. The molecule has 0 spiro atoms. The Kier molecular flexibility index (Phi) is 9.27. The molecule has 0 saturated heterocycles. The van der Waals surface area contributed by atoms with E-state index in [1.54, 1.807) is 12.1 Å². The van der Waals surface area contributed by atoms with Gasteiger partial charge in [-0.3, -0.25) is 0 Å². The van der Waals surface area contributed by atoms with Crippen molar-refractivity contribution in [2.24, 2.45) is 0 Å². The van der Waals surface area contributed by atoms with E-state index in [4.69, 9.17) is 21.1 Å². The van der Waals surface area contributed by atoms with E-state index in [0.717, 1.165) is 18.8 Å². The van der Waals surface area contributed by atoms with Crippen LogP contribution in [0.1, 0.15) is 22.8 Å². The average Bonchev–Trinajstić information content (AvgIpc) is 2.67. The Bertz CT molecular complexity index is 514. The zero-order chi connectivity index (χ0) is 15.1. The molecule has 2 aliphatic rings. The first-order valence-corrected chi connectivity index (χ1v) is 9.30. The van der Waals surface area contributed by atoms with Gasteiger partial charge < -0.3 is 9.47 Å². The Morgan fingerprint density at radius 3 is 2.65 bits per heavy atom. The summed E-state index contributed by atoms with van der Waals surface area (Å²) in [6, 6.07) is 5.16. The molecule has 0 atom stereocenters. The van der Waals surface area contributed by atoms with E-state index >= 15 is 0 Å². The van der Waals surface area contributed by atoms with Crippen LogP contribution in [0.3, 0.4) is 0 Å². The molecule has 20 heavy (non-hydrogen) atoms. The highest BCUT2D eigenvalue weighted by Gasteiger charge is 2.15. The summed E-state index contributed by atoms with van der Waals surface area (Å²) >= 11 is 12.7. The van der Waals surface area contributed by atoms with Gasteiger partial charge in [0.25, 0.3) is 0 Å². The molecule has 0 N–H and O–H groups in total. The van der Waals surface area contributed by atoms with E-state index < -0.39 is 0 Å². The molecule has 110 valence electrons. The minimum Gasteiger partial charge on any atom is -0.457 e. The maximum atomic E-state index is 11.0. The summed E-state index contributed by atoms with van der Waals surface area (Å²) in [5.74, 6) is -0.299. The van der Waals surface area contributed by atoms with Gasteiger partial charge >= 0.3 is 5.97 Å². The number of halogens is 4. The average molecular weight is 632 g/mol. The molecule has 7 heteroatoms. The number of esters is 1. The Morgan fingerprint density at radius 1 is 1.40 bits per heavy atom. The second kappa shape index (κ2) is 9.80. The van der Waals surface area contributed by atoms with Crippen molar-refractivity contribution in [3.63, 3.8) is 0 Å². The van der Waals surface area contributed by atoms with Crippen LogP contribution >= 0.6 is 79.4 Å². The van der Waals surface area contributed by atoms with E-state index in [0.29, 0.717) is 10.6 Å². The van der Waals surface area contributed by atoms with Crippen LogP contribution in [0, 0.1) is 0 Å². The maximum absolute atomic E-state index is 11.0. The fourth-order valence-electron chi connectivity index (χ4n) is 1.26. The van der Waals surface area contributed by atoms with Crippen molar-refractivity contribution >= 4 is 85.3 Å². The lowest BCUT2D eigenvalue weighted by molar-refractivity contribution is 0.0482. The van der Waals surface area contributed by atoms with E-state index in [2.05, 4.69) is 67.8 Å². The smallest absolute Gasteiger partial charge is 0.338 e. The molecule has 0 radical (unpaired) electrons. The van der Waals surface area contributed by atoms with Crippen molar-refractivity contribution in [2.75, 3.05) is 13.2 Å². The lowest BCUT2D eigenvalue weighted by Gasteiger charge is -1.98. The first-order valence-electron chi connectivity index (χ1n) is 5.68. The van der Waals surface area contributed by atoms with E-state index in [-0.39, 0.29) is 12.6 Å². The maximum Gasteiger partial charge on any atom is 0.338 e. The molecule has 2 heterocycles. The number of carbonyl (C=O) groups excluding carboxylic acids is 1. The highest BCUT2D eigenvalue weighted by Crippen LogP contribution is 2.25. The van der Waals surface area contributed by atoms with Crippen molar-refractivity contribution in [3.8, 4) is 0 Å². The van der Waals surface area contributed by atoms with Crippen LogP contribution in [0.25, 0.3) is 0 Å². The van der Waals surface area contributed by atoms with Crippen LogP contribution in [0.4, 0.5) is 0 Å². The van der Waals surface area contributed by atoms with E-state index in [9.17, 15) is 4.79 Å². The molecule has 3 rings (SSSR count). The summed E-state index contributed by atoms with van der Waals surface area (Å²) in [7, 11) is 0. The zero-order valence-corrected chi connectivity index (χ0v) is 17.8. The third kappa shape index (κ3) is 6.32. The molecule has 3 nitrogen and oxygen atoms in total. The van der Waals surface area contributed by atoms with Gasteiger partial charge in [-0.05, 0) is 86.8 Å². The number of ether oxygens (including phenoxy) is 2. The lowest BCUT2D eigenvalue weighted by Crippen LogP contribution is -1.99. The molecule has 2 aliphatic heterocycles. The summed E-state index contributed by atoms with van der Waals surface area (Å²) < 4.78 is 12.6. The van der Waals surface area contributed by atoms with Crippen LogP contribution in [0.15, 0.2) is 23.4 Å². The third-order valence-corrected chi connectivity index (χ3v) is 6.85. The Labute approximate surface area is 164 Å². The van der Waals surface area contributed by atoms with Gasteiger partial charge in [0.2, 0.25) is 0 Å². The largest absolute Gasteiger partial charge is 0.457 e. The Balaban J connectivity index is 0.000000206. The van der Waals surface area contributed by atoms with Gasteiger partial charge in [-0.2, -0.15) is 0 Å².